The number of thiocarbonyl (C=S) groups is 1. The van der Waals surface area contributed by atoms with Gasteiger partial charge in [-0.05, 0) is 92.0 Å². The predicted molar refractivity (Wildman–Crippen MR) is 152 cm³/mol. The molecule has 0 aliphatic carbocycles. The Hall–Kier alpha value is -4.03. The number of aromatic nitrogens is 2. The monoisotopic (exact) mass is 506 g/mol. The van der Waals surface area contributed by atoms with E-state index < -0.39 is 0 Å². The van der Waals surface area contributed by atoms with E-state index in [9.17, 15) is 4.39 Å². The molecule has 2 atom stereocenters. The standard InChI is InChI=1S/C31H27FN4S/c1-19-17-23(14-15-26(19)32)36-30(29(34-31(36)37)27-12-6-7-16-33-27)25-18-20(2)35(21(25)3)28-13-8-10-22-9-4-5-11-24(22)28/h4-18,29-30H,1-3H3,(H,34,37). The van der Waals surface area contributed by atoms with Crippen LogP contribution in [-0.4, -0.2) is 14.7 Å². The summed E-state index contributed by atoms with van der Waals surface area (Å²) in [5.74, 6) is -0.228. The molecule has 0 spiro atoms. The molecule has 5 aromatic rings. The van der Waals surface area contributed by atoms with Crippen molar-refractivity contribution in [2.24, 2.45) is 0 Å². The van der Waals surface area contributed by atoms with Crippen molar-refractivity contribution in [3.8, 4) is 5.69 Å². The van der Waals surface area contributed by atoms with Crippen LogP contribution < -0.4 is 10.2 Å². The van der Waals surface area contributed by atoms with Crippen LogP contribution in [0.15, 0.2) is 91.1 Å². The first kappa shape index (κ1) is 23.4. The molecule has 3 heterocycles. The number of halogens is 1. The fraction of sp³-hybridized carbons (Fsp3) is 0.161. The number of hydrogen-bond acceptors (Lipinski definition) is 2. The normalized spacial score (nSPS) is 17.4. The molecule has 0 saturated carbocycles. The van der Waals surface area contributed by atoms with Crippen molar-refractivity contribution in [2.75, 3.05) is 4.90 Å². The number of nitrogens with zero attached hydrogens (tertiary/aromatic N) is 3. The second-order valence-corrected chi connectivity index (χ2v) is 9.98. The van der Waals surface area contributed by atoms with Crippen LogP contribution in [0.3, 0.4) is 0 Å². The zero-order valence-corrected chi connectivity index (χ0v) is 21.8. The van der Waals surface area contributed by atoms with Crippen LogP contribution >= 0.6 is 12.2 Å². The summed E-state index contributed by atoms with van der Waals surface area (Å²) in [6, 6.07) is 27.9. The van der Waals surface area contributed by atoms with Gasteiger partial charge in [0.15, 0.2) is 5.11 Å². The number of nitrogens with one attached hydrogen (secondary N) is 1. The van der Waals surface area contributed by atoms with Crippen molar-refractivity contribution in [1.29, 1.82) is 0 Å². The molecule has 2 unspecified atom stereocenters. The fourth-order valence-corrected chi connectivity index (χ4v) is 5.93. The average molecular weight is 507 g/mol. The molecular weight excluding hydrogens is 479 g/mol. The van der Waals surface area contributed by atoms with Crippen LogP contribution in [0.4, 0.5) is 10.1 Å². The Morgan fingerprint density at radius 3 is 2.46 bits per heavy atom. The van der Waals surface area contributed by atoms with Crippen molar-refractivity contribution in [1.82, 2.24) is 14.9 Å². The predicted octanol–water partition coefficient (Wildman–Crippen LogP) is 7.27. The molecule has 0 radical (unpaired) electrons. The van der Waals surface area contributed by atoms with Gasteiger partial charge in [-0.2, -0.15) is 0 Å². The average Bonchev–Trinajstić information content (AvgIpc) is 3.40. The lowest BCUT2D eigenvalue weighted by molar-refractivity contribution is 0.564. The van der Waals surface area contributed by atoms with Crippen molar-refractivity contribution in [3.63, 3.8) is 0 Å². The quantitative estimate of drug-likeness (QED) is 0.260. The molecule has 6 heteroatoms. The zero-order chi connectivity index (χ0) is 25.7. The fourth-order valence-electron chi connectivity index (χ4n) is 5.59. The number of rotatable bonds is 4. The first-order valence-corrected chi connectivity index (χ1v) is 12.8. The third-order valence-corrected chi connectivity index (χ3v) is 7.63. The van der Waals surface area contributed by atoms with E-state index in [4.69, 9.17) is 12.2 Å². The van der Waals surface area contributed by atoms with E-state index in [1.807, 2.05) is 24.3 Å². The molecule has 1 aliphatic rings. The Morgan fingerprint density at radius 2 is 1.68 bits per heavy atom. The van der Waals surface area contributed by atoms with E-state index in [0.717, 1.165) is 34.0 Å². The molecule has 184 valence electrons. The van der Waals surface area contributed by atoms with Crippen LogP contribution in [0.2, 0.25) is 0 Å². The first-order valence-electron chi connectivity index (χ1n) is 12.4. The van der Waals surface area contributed by atoms with Gasteiger partial charge in [-0.3, -0.25) is 4.98 Å². The molecule has 4 nitrogen and oxygen atoms in total. The SMILES string of the molecule is Cc1cc(N2C(=S)NC(c3ccccn3)C2c2cc(C)n(-c3cccc4ccccc34)c2C)ccc1F. The van der Waals surface area contributed by atoms with Gasteiger partial charge in [0, 0.05) is 28.7 Å². The molecular formula is C31H27FN4S. The Labute approximate surface area is 221 Å². The summed E-state index contributed by atoms with van der Waals surface area (Å²) in [6.07, 6.45) is 1.81. The van der Waals surface area contributed by atoms with Gasteiger partial charge in [-0.1, -0.05) is 42.5 Å². The second-order valence-electron chi connectivity index (χ2n) is 9.59. The Balaban J connectivity index is 1.55. The van der Waals surface area contributed by atoms with Gasteiger partial charge < -0.3 is 14.8 Å². The summed E-state index contributed by atoms with van der Waals surface area (Å²) in [7, 11) is 0. The molecule has 1 aliphatic heterocycles. The zero-order valence-electron chi connectivity index (χ0n) is 20.9. The maximum atomic E-state index is 14.2. The Kier molecular flexibility index (Phi) is 5.76. The van der Waals surface area contributed by atoms with Crippen LogP contribution in [0.5, 0.6) is 0 Å². The highest BCUT2D eigenvalue weighted by molar-refractivity contribution is 7.80. The maximum Gasteiger partial charge on any atom is 0.174 e. The van der Waals surface area contributed by atoms with E-state index in [2.05, 4.69) is 82.1 Å². The lowest BCUT2D eigenvalue weighted by Gasteiger charge is -2.28. The number of benzene rings is 3. The number of hydrogen-bond donors (Lipinski definition) is 1. The minimum absolute atomic E-state index is 0.165. The number of fused-ring (bicyclic) bond motifs is 1. The van der Waals surface area contributed by atoms with Gasteiger partial charge >= 0.3 is 0 Å². The summed E-state index contributed by atoms with van der Waals surface area (Å²) in [5, 5.41) is 6.52. The van der Waals surface area contributed by atoms with E-state index in [1.165, 1.54) is 16.8 Å². The van der Waals surface area contributed by atoms with Crippen LogP contribution in [0, 0.1) is 26.6 Å². The highest BCUT2D eigenvalue weighted by atomic mass is 32.1. The van der Waals surface area contributed by atoms with Crippen LogP contribution in [0.1, 0.15) is 40.3 Å². The minimum Gasteiger partial charge on any atom is -0.351 e. The third kappa shape index (κ3) is 3.89. The second kappa shape index (κ2) is 9.12. The van der Waals surface area contributed by atoms with Crippen LogP contribution in [-0.2, 0) is 0 Å². The molecule has 0 bridgehead atoms. The summed E-state index contributed by atoms with van der Waals surface area (Å²) in [4.78, 5) is 6.78. The number of pyridine rings is 1. The van der Waals surface area contributed by atoms with E-state index >= 15 is 0 Å². The maximum absolute atomic E-state index is 14.2. The van der Waals surface area contributed by atoms with Crippen molar-refractivity contribution >= 4 is 33.8 Å². The highest BCUT2D eigenvalue weighted by Gasteiger charge is 2.42. The molecule has 1 saturated heterocycles. The third-order valence-electron chi connectivity index (χ3n) is 7.31. The van der Waals surface area contributed by atoms with Gasteiger partial charge in [0.1, 0.15) is 5.82 Å². The van der Waals surface area contributed by atoms with Gasteiger partial charge in [-0.25, -0.2) is 4.39 Å². The summed E-state index contributed by atoms with van der Waals surface area (Å²) < 4.78 is 16.5. The van der Waals surface area contributed by atoms with E-state index in [-0.39, 0.29) is 17.9 Å². The number of anilines is 1. The molecule has 2 aromatic heterocycles. The smallest absolute Gasteiger partial charge is 0.174 e. The Morgan fingerprint density at radius 1 is 0.892 bits per heavy atom. The molecule has 1 N–H and O–H groups in total. The lowest BCUT2D eigenvalue weighted by Crippen LogP contribution is -2.29. The first-order chi connectivity index (χ1) is 17.9. The van der Waals surface area contributed by atoms with Crippen LogP contribution in [0.25, 0.3) is 16.5 Å². The molecule has 6 rings (SSSR count). The van der Waals surface area contributed by atoms with Crippen molar-refractivity contribution < 1.29 is 4.39 Å². The molecule has 37 heavy (non-hydrogen) atoms. The van der Waals surface area contributed by atoms with Gasteiger partial charge in [0.25, 0.3) is 0 Å². The Bertz CT molecular complexity index is 1640. The topological polar surface area (TPSA) is 33.1 Å². The minimum atomic E-state index is -0.228. The molecule has 3 aromatic carbocycles. The summed E-state index contributed by atoms with van der Waals surface area (Å²) in [6.45, 7) is 6.08. The van der Waals surface area contributed by atoms with Gasteiger partial charge in [0.05, 0.1) is 23.5 Å². The highest BCUT2D eigenvalue weighted by Crippen LogP contribution is 2.44. The molecule has 1 fully saturated rings. The van der Waals surface area contributed by atoms with E-state index in [1.54, 1.807) is 19.2 Å². The lowest BCUT2D eigenvalue weighted by atomic mass is 9.96. The van der Waals surface area contributed by atoms with Crippen molar-refractivity contribution in [3.05, 3.63) is 125 Å². The largest absolute Gasteiger partial charge is 0.351 e. The van der Waals surface area contributed by atoms with Gasteiger partial charge in [-0.15, -0.1) is 0 Å². The molecule has 0 amide bonds. The number of aryl methyl sites for hydroxylation is 2. The van der Waals surface area contributed by atoms with Gasteiger partial charge in [0.2, 0.25) is 0 Å². The van der Waals surface area contributed by atoms with E-state index in [0.29, 0.717) is 10.7 Å². The van der Waals surface area contributed by atoms with Crippen molar-refractivity contribution in [2.45, 2.75) is 32.9 Å². The summed E-state index contributed by atoms with van der Waals surface area (Å²) in [5.41, 5.74) is 6.91. The summed E-state index contributed by atoms with van der Waals surface area (Å²) >= 11 is 5.88.